The molecule has 0 aromatic heterocycles. The van der Waals surface area contributed by atoms with Gasteiger partial charge in [-0.05, 0) is 31.1 Å². The van der Waals surface area contributed by atoms with Crippen LogP contribution in [0.2, 0.25) is 0 Å². The molecule has 2 heterocycles. The zero-order valence-corrected chi connectivity index (χ0v) is 11.9. The molecule has 0 radical (unpaired) electrons. The average Bonchev–Trinajstić information content (AvgIpc) is 2.84. The first kappa shape index (κ1) is 11.0. The number of carbonyl (C=O) groups is 1. The third kappa shape index (κ3) is 1.90. The molecule has 20 heavy (non-hydrogen) atoms. The second-order valence-electron chi connectivity index (χ2n) is 6.25. The van der Waals surface area contributed by atoms with E-state index in [2.05, 4.69) is 6.92 Å². The molecule has 1 saturated carbocycles. The molecular formula is C15H24O5. The first-order valence-electron chi connectivity index (χ1n) is 8.82. The molecule has 0 aromatic rings. The molecule has 7 atom stereocenters. The second kappa shape index (κ2) is 4.97. The number of aliphatic hydroxyl groups excluding tert-OH is 1. The summed E-state index contributed by atoms with van der Waals surface area (Å²) in [5.74, 6) is -1.62. The van der Waals surface area contributed by atoms with Crippen molar-refractivity contribution in [3.05, 3.63) is 0 Å². The van der Waals surface area contributed by atoms with E-state index in [4.69, 9.17) is 18.3 Å². The summed E-state index contributed by atoms with van der Waals surface area (Å²) in [6.07, 6.45) is -0.303. The maximum absolute atomic E-state index is 11.5. The molecule has 0 bridgehead atoms. The summed E-state index contributed by atoms with van der Waals surface area (Å²) in [6.45, 7) is 1.50. The summed E-state index contributed by atoms with van der Waals surface area (Å²) in [7, 11) is 0. The summed E-state index contributed by atoms with van der Waals surface area (Å²) in [5, 5.41) is 10.3. The van der Waals surface area contributed by atoms with E-state index in [0.29, 0.717) is 18.9 Å². The number of rotatable bonds is 1. The number of hydrogen-bond donors (Lipinski definition) is 1. The van der Waals surface area contributed by atoms with Gasteiger partial charge in [-0.25, -0.2) is 0 Å². The number of hydrogen-bond acceptors (Lipinski definition) is 5. The summed E-state index contributed by atoms with van der Waals surface area (Å²) >= 11 is 0. The van der Waals surface area contributed by atoms with Crippen LogP contribution in [0.5, 0.6) is 0 Å². The summed E-state index contributed by atoms with van der Waals surface area (Å²) in [5.41, 5.74) is -0.971. The Kier molecular flexibility index (Phi) is 2.73. The Morgan fingerprint density at radius 2 is 2.20 bits per heavy atom. The van der Waals surface area contributed by atoms with Crippen LogP contribution >= 0.6 is 0 Å². The number of carbonyl (C=O) groups excluding carboxylic acids is 1. The topological polar surface area (TPSA) is 65.0 Å². The molecule has 3 fully saturated rings. The van der Waals surface area contributed by atoms with E-state index in [9.17, 15) is 9.90 Å². The van der Waals surface area contributed by atoms with Crippen LogP contribution in [0.1, 0.15) is 44.1 Å². The van der Waals surface area contributed by atoms with Crippen molar-refractivity contribution < 1.29 is 28.2 Å². The van der Waals surface area contributed by atoms with Gasteiger partial charge in [0.05, 0.1) is 0 Å². The van der Waals surface area contributed by atoms with Crippen molar-refractivity contribution in [3.8, 4) is 0 Å². The van der Waals surface area contributed by atoms with E-state index in [1.165, 1.54) is 6.92 Å². The summed E-state index contributed by atoms with van der Waals surface area (Å²) in [6, 6.07) is 0. The van der Waals surface area contributed by atoms with E-state index in [0.717, 1.165) is 12.8 Å². The quantitative estimate of drug-likeness (QED) is 0.743. The lowest BCUT2D eigenvalue weighted by Crippen LogP contribution is -2.66. The molecule has 2 saturated heterocycles. The van der Waals surface area contributed by atoms with Crippen LogP contribution in [0.25, 0.3) is 0 Å². The van der Waals surface area contributed by atoms with Crippen LogP contribution in [-0.2, 0) is 19.0 Å². The lowest BCUT2D eigenvalue weighted by atomic mass is 9.59. The zero-order chi connectivity index (χ0) is 17.0. The SMILES string of the molecule is [2H]C([2H])([2H])[C@H]1C(O)O[C@H](OC(C)=O)[C@@]23OCC[C@H]2[C@H](C)CC[C@@H]13. The third-order valence-corrected chi connectivity index (χ3v) is 5.20. The highest BCUT2D eigenvalue weighted by Crippen LogP contribution is 2.57. The standard InChI is InChI=1S/C15H24O5/c1-8-4-5-12-9(2)13(17)20-14(19-10(3)16)15(12)11(8)6-7-18-15/h8-9,11-14,17H,4-7H2,1-3H3/t8-,9-,11+,12+,13?,14+,15-/m1/s1/i2D3. The van der Waals surface area contributed by atoms with Crippen LogP contribution in [0.4, 0.5) is 0 Å². The fourth-order valence-electron chi connectivity index (χ4n) is 4.34. The van der Waals surface area contributed by atoms with Gasteiger partial charge < -0.3 is 19.3 Å². The van der Waals surface area contributed by atoms with Crippen LogP contribution < -0.4 is 0 Å². The predicted octanol–water partition coefficient (Wildman–Crippen LogP) is 1.68. The van der Waals surface area contributed by atoms with Crippen LogP contribution in [0.3, 0.4) is 0 Å². The first-order valence-corrected chi connectivity index (χ1v) is 7.32. The van der Waals surface area contributed by atoms with Crippen molar-refractivity contribution in [3.63, 3.8) is 0 Å². The Morgan fingerprint density at radius 3 is 2.90 bits per heavy atom. The van der Waals surface area contributed by atoms with Gasteiger partial charge in [-0.3, -0.25) is 4.79 Å². The minimum Gasteiger partial charge on any atom is -0.433 e. The third-order valence-electron chi connectivity index (χ3n) is 5.20. The van der Waals surface area contributed by atoms with Crippen molar-refractivity contribution in [1.82, 2.24) is 0 Å². The highest BCUT2D eigenvalue weighted by atomic mass is 16.8. The van der Waals surface area contributed by atoms with Gasteiger partial charge in [0.1, 0.15) is 5.60 Å². The van der Waals surface area contributed by atoms with Gasteiger partial charge in [0.2, 0.25) is 6.29 Å². The molecule has 1 spiro atoms. The molecule has 5 nitrogen and oxygen atoms in total. The van der Waals surface area contributed by atoms with Crippen LogP contribution in [0.15, 0.2) is 0 Å². The van der Waals surface area contributed by atoms with E-state index in [1.807, 2.05) is 0 Å². The molecule has 114 valence electrons. The van der Waals surface area contributed by atoms with Gasteiger partial charge in [0.25, 0.3) is 0 Å². The van der Waals surface area contributed by atoms with Gasteiger partial charge in [0, 0.05) is 29.5 Å². The lowest BCUT2D eigenvalue weighted by Gasteiger charge is -2.56. The van der Waals surface area contributed by atoms with E-state index in [1.54, 1.807) is 0 Å². The minimum atomic E-state index is -2.37. The largest absolute Gasteiger partial charge is 0.433 e. The smallest absolute Gasteiger partial charge is 0.305 e. The van der Waals surface area contributed by atoms with Crippen molar-refractivity contribution in [2.75, 3.05) is 6.61 Å². The van der Waals surface area contributed by atoms with E-state index in [-0.39, 0.29) is 5.92 Å². The molecule has 0 amide bonds. The average molecular weight is 287 g/mol. The van der Waals surface area contributed by atoms with E-state index < -0.39 is 42.8 Å². The first-order chi connectivity index (χ1) is 10.7. The Bertz CT molecular complexity index is 482. The molecule has 1 N–H and O–H groups in total. The van der Waals surface area contributed by atoms with Gasteiger partial charge in [-0.2, -0.15) is 0 Å². The summed E-state index contributed by atoms with van der Waals surface area (Å²) in [4.78, 5) is 11.5. The number of aliphatic hydroxyl groups is 1. The van der Waals surface area contributed by atoms with Gasteiger partial charge in [-0.15, -0.1) is 0 Å². The predicted molar refractivity (Wildman–Crippen MR) is 70.5 cm³/mol. The Hall–Kier alpha value is -0.650. The van der Waals surface area contributed by atoms with Crippen LogP contribution in [-0.4, -0.2) is 35.9 Å². The highest BCUT2D eigenvalue weighted by molar-refractivity contribution is 5.66. The Balaban J connectivity index is 2.05. The molecule has 5 heteroatoms. The molecule has 0 aromatic carbocycles. The summed E-state index contributed by atoms with van der Waals surface area (Å²) < 4.78 is 40.3. The molecule has 3 rings (SSSR count). The minimum absolute atomic E-state index is 0.0583. The molecule has 1 unspecified atom stereocenters. The molecule has 2 aliphatic heterocycles. The number of ether oxygens (including phenoxy) is 3. The Morgan fingerprint density at radius 1 is 1.40 bits per heavy atom. The fraction of sp³-hybridized carbons (Fsp3) is 0.933. The van der Waals surface area contributed by atoms with Crippen LogP contribution in [0, 0.1) is 23.7 Å². The maximum atomic E-state index is 11.5. The lowest BCUT2D eigenvalue weighted by molar-refractivity contribution is -0.360. The van der Waals surface area contributed by atoms with Crippen molar-refractivity contribution >= 4 is 5.97 Å². The second-order valence-corrected chi connectivity index (χ2v) is 6.25. The normalized spacial score (nSPS) is 54.0. The van der Waals surface area contributed by atoms with Gasteiger partial charge >= 0.3 is 5.97 Å². The molecular weight excluding hydrogens is 260 g/mol. The van der Waals surface area contributed by atoms with Crippen molar-refractivity contribution in [2.24, 2.45) is 23.7 Å². The van der Waals surface area contributed by atoms with Crippen molar-refractivity contribution in [2.45, 2.75) is 58.1 Å². The fourth-order valence-corrected chi connectivity index (χ4v) is 4.34. The number of esters is 1. The Labute approximate surface area is 123 Å². The van der Waals surface area contributed by atoms with E-state index >= 15 is 0 Å². The molecule has 1 aliphatic carbocycles. The monoisotopic (exact) mass is 287 g/mol. The van der Waals surface area contributed by atoms with Gasteiger partial charge in [-0.1, -0.05) is 13.8 Å². The highest BCUT2D eigenvalue weighted by Gasteiger charge is 2.65. The van der Waals surface area contributed by atoms with Gasteiger partial charge in [0.15, 0.2) is 6.29 Å². The molecule has 3 aliphatic rings. The maximum Gasteiger partial charge on any atom is 0.305 e. The zero-order valence-electron chi connectivity index (χ0n) is 14.9. The van der Waals surface area contributed by atoms with Crippen molar-refractivity contribution in [1.29, 1.82) is 0 Å².